The van der Waals surface area contributed by atoms with Crippen molar-refractivity contribution in [2.45, 2.75) is 29.8 Å². The number of hydrogen-bond donors (Lipinski definition) is 2. The second-order valence-corrected chi connectivity index (χ2v) is 10.3. The van der Waals surface area contributed by atoms with Crippen molar-refractivity contribution in [3.63, 3.8) is 0 Å². The van der Waals surface area contributed by atoms with Crippen molar-refractivity contribution in [1.82, 2.24) is 29.9 Å². The number of amides is 1. The summed E-state index contributed by atoms with van der Waals surface area (Å²) in [7, 11) is -0.752. The summed E-state index contributed by atoms with van der Waals surface area (Å²) in [4.78, 5) is 13.1. The lowest BCUT2D eigenvalue weighted by Gasteiger charge is -2.12. The molecule has 0 saturated carbocycles. The molecule has 10 nitrogen and oxygen atoms in total. The lowest BCUT2D eigenvalue weighted by atomic mass is 10.2. The number of aromatic amines is 1. The Balaban J connectivity index is 1.73. The first-order valence-corrected chi connectivity index (χ1v) is 12.4. The minimum absolute atomic E-state index is 0.00577. The molecular weight excluding hydrogens is 503 g/mol. The summed E-state index contributed by atoms with van der Waals surface area (Å²) < 4.78 is 35.5. The van der Waals surface area contributed by atoms with E-state index in [1.54, 1.807) is 23.2 Å². The first-order valence-electron chi connectivity index (χ1n) is 10.2. The number of H-pyrrole nitrogens is 1. The molecule has 0 bridgehead atoms. The topological polar surface area (TPSA) is 124 Å². The Kier molecular flexibility index (Phi) is 6.72. The van der Waals surface area contributed by atoms with Gasteiger partial charge in [-0.15, -0.1) is 0 Å². The van der Waals surface area contributed by atoms with Crippen LogP contribution in [0.3, 0.4) is 0 Å². The standard InChI is InChI=1S/C21H22Cl2N6O4S/c1-12-19(34(31,32)14-6-13-9-25-27-20(13)15(22)7-14)8-17(29(12)4-5-33-3)21(30)24-11-18-16(23)10-26-28(18)2/h6-10H,4-5,11H2,1-3H3,(H,24,30)(H,25,27). The molecule has 0 aliphatic carbocycles. The van der Waals surface area contributed by atoms with Crippen LogP contribution in [-0.2, 0) is 34.7 Å². The highest BCUT2D eigenvalue weighted by Gasteiger charge is 2.28. The largest absolute Gasteiger partial charge is 0.383 e. The summed E-state index contributed by atoms with van der Waals surface area (Å²) in [6.45, 7) is 2.34. The van der Waals surface area contributed by atoms with Crippen LogP contribution in [0, 0.1) is 6.92 Å². The van der Waals surface area contributed by atoms with Gasteiger partial charge in [0.25, 0.3) is 5.91 Å². The van der Waals surface area contributed by atoms with E-state index < -0.39 is 15.7 Å². The number of nitrogens with zero attached hydrogens (tertiary/aromatic N) is 4. The average Bonchev–Trinajstić information content (AvgIpc) is 3.49. The average molecular weight is 525 g/mol. The third-order valence-electron chi connectivity index (χ3n) is 5.57. The van der Waals surface area contributed by atoms with Gasteiger partial charge in [-0.25, -0.2) is 8.42 Å². The van der Waals surface area contributed by atoms with Crippen LogP contribution in [0.1, 0.15) is 21.9 Å². The molecule has 0 saturated heterocycles. The summed E-state index contributed by atoms with van der Waals surface area (Å²) in [5.41, 5.74) is 1.76. The number of aryl methyl sites for hydroxylation is 1. The fourth-order valence-corrected chi connectivity index (χ4v) is 5.85. The SMILES string of the molecule is COCCn1c(C(=O)NCc2c(Cl)cnn2C)cc(S(=O)(=O)c2cc(Cl)c3[nH]ncc3c2)c1C. The number of rotatable bonds is 8. The third-order valence-corrected chi connectivity index (χ3v) is 8.04. The van der Waals surface area contributed by atoms with Crippen molar-refractivity contribution in [3.05, 3.63) is 57.7 Å². The van der Waals surface area contributed by atoms with Crippen molar-refractivity contribution in [3.8, 4) is 0 Å². The van der Waals surface area contributed by atoms with Crippen molar-refractivity contribution >= 4 is 49.8 Å². The molecule has 2 N–H and O–H groups in total. The molecule has 0 fully saturated rings. The van der Waals surface area contributed by atoms with E-state index in [9.17, 15) is 13.2 Å². The number of nitrogens with one attached hydrogen (secondary N) is 2. The van der Waals surface area contributed by atoms with Crippen LogP contribution in [-0.4, -0.2) is 52.6 Å². The minimum Gasteiger partial charge on any atom is -0.383 e. The quantitative estimate of drug-likeness (QED) is 0.364. The predicted molar refractivity (Wildman–Crippen MR) is 127 cm³/mol. The number of aromatic nitrogens is 5. The molecule has 180 valence electrons. The highest BCUT2D eigenvalue weighted by molar-refractivity contribution is 7.91. The molecule has 0 aliphatic rings. The molecule has 3 aromatic heterocycles. The number of benzene rings is 1. The lowest BCUT2D eigenvalue weighted by molar-refractivity contribution is 0.0937. The summed E-state index contributed by atoms with van der Waals surface area (Å²) in [6.07, 6.45) is 2.99. The molecule has 1 aromatic carbocycles. The van der Waals surface area contributed by atoms with Gasteiger partial charge >= 0.3 is 0 Å². The van der Waals surface area contributed by atoms with E-state index in [4.69, 9.17) is 27.9 Å². The summed E-state index contributed by atoms with van der Waals surface area (Å²) in [5.74, 6) is -0.457. The molecule has 13 heteroatoms. The summed E-state index contributed by atoms with van der Waals surface area (Å²) in [5, 5.41) is 14.7. The van der Waals surface area contributed by atoms with Crippen LogP contribution < -0.4 is 5.32 Å². The van der Waals surface area contributed by atoms with Gasteiger partial charge in [-0.2, -0.15) is 10.2 Å². The summed E-state index contributed by atoms with van der Waals surface area (Å²) in [6, 6.07) is 4.23. The van der Waals surface area contributed by atoms with Crippen LogP contribution in [0.2, 0.25) is 10.0 Å². The van der Waals surface area contributed by atoms with Gasteiger partial charge in [0, 0.05) is 31.8 Å². The number of sulfone groups is 1. The van der Waals surface area contributed by atoms with Crippen molar-refractivity contribution in [2.24, 2.45) is 7.05 Å². The predicted octanol–water partition coefficient (Wildman–Crippen LogP) is 3.12. The van der Waals surface area contributed by atoms with Gasteiger partial charge in [-0.3, -0.25) is 14.6 Å². The van der Waals surface area contributed by atoms with E-state index in [0.29, 0.717) is 27.3 Å². The maximum absolute atomic E-state index is 13.6. The molecular formula is C21H22Cl2N6O4S. The fourth-order valence-electron chi connectivity index (χ4n) is 3.71. The lowest BCUT2D eigenvalue weighted by Crippen LogP contribution is -2.27. The Morgan fingerprint density at radius 2 is 1.97 bits per heavy atom. The van der Waals surface area contributed by atoms with Gasteiger partial charge in [0.15, 0.2) is 0 Å². The first-order chi connectivity index (χ1) is 16.1. The van der Waals surface area contributed by atoms with Gasteiger partial charge in [-0.05, 0) is 25.1 Å². The van der Waals surface area contributed by atoms with Gasteiger partial charge in [-0.1, -0.05) is 23.2 Å². The molecule has 0 spiro atoms. The molecule has 0 atom stereocenters. The number of fused-ring (bicyclic) bond motifs is 1. The molecule has 0 radical (unpaired) electrons. The van der Waals surface area contributed by atoms with Crippen molar-refractivity contribution < 1.29 is 17.9 Å². The Hall–Kier alpha value is -2.86. The Morgan fingerprint density at radius 1 is 1.21 bits per heavy atom. The number of ether oxygens (including phenoxy) is 1. The van der Waals surface area contributed by atoms with Gasteiger partial charge in [0.2, 0.25) is 9.84 Å². The van der Waals surface area contributed by atoms with Crippen LogP contribution in [0.5, 0.6) is 0 Å². The Labute approximate surface area is 205 Å². The van der Waals surface area contributed by atoms with E-state index >= 15 is 0 Å². The monoisotopic (exact) mass is 524 g/mol. The molecule has 4 rings (SSSR count). The smallest absolute Gasteiger partial charge is 0.268 e. The number of hydrogen-bond acceptors (Lipinski definition) is 6. The maximum Gasteiger partial charge on any atom is 0.268 e. The molecule has 3 heterocycles. The zero-order valence-corrected chi connectivity index (χ0v) is 20.9. The number of methoxy groups -OCH3 is 1. The zero-order valence-electron chi connectivity index (χ0n) is 18.6. The van der Waals surface area contributed by atoms with E-state index in [-0.39, 0.29) is 40.2 Å². The number of halogens is 2. The van der Waals surface area contributed by atoms with Crippen molar-refractivity contribution in [2.75, 3.05) is 13.7 Å². The molecule has 34 heavy (non-hydrogen) atoms. The third kappa shape index (κ3) is 4.31. The molecule has 1 amide bonds. The fraction of sp³-hybridized carbons (Fsp3) is 0.286. The van der Waals surface area contributed by atoms with E-state index in [1.165, 1.54) is 37.7 Å². The summed E-state index contributed by atoms with van der Waals surface area (Å²) >= 11 is 12.4. The van der Waals surface area contributed by atoms with Crippen LogP contribution >= 0.6 is 23.2 Å². The normalized spacial score (nSPS) is 11.9. The second kappa shape index (κ2) is 9.41. The van der Waals surface area contributed by atoms with Gasteiger partial charge < -0.3 is 14.6 Å². The van der Waals surface area contributed by atoms with Gasteiger partial charge in [0.05, 0.1) is 56.6 Å². The number of carbonyl (C=O) groups excluding carboxylic acids is 1. The molecule has 0 aliphatic heterocycles. The van der Waals surface area contributed by atoms with E-state index in [2.05, 4.69) is 20.6 Å². The van der Waals surface area contributed by atoms with Gasteiger partial charge in [0.1, 0.15) is 5.69 Å². The van der Waals surface area contributed by atoms with E-state index in [0.717, 1.165) is 0 Å². The number of carbonyl (C=O) groups is 1. The minimum atomic E-state index is -4.00. The van der Waals surface area contributed by atoms with Crippen LogP contribution in [0.15, 0.2) is 40.4 Å². The molecule has 0 unspecified atom stereocenters. The maximum atomic E-state index is 13.6. The first kappa shape index (κ1) is 24.3. The highest BCUT2D eigenvalue weighted by atomic mass is 35.5. The Morgan fingerprint density at radius 3 is 2.65 bits per heavy atom. The van der Waals surface area contributed by atoms with Crippen LogP contribution in [0.4, 0.5) is 0 Å². The molecule has 4 aromatic rings. The Bertz CT molecular complexity index is 1470. The van der Waals surface area contributed by atoms with E-state index in [1.807, 2.05) is 0 Å². The second-order valence-electron chi connectivity index (χ2n) is 7.61. The van der Waals surface area contributed by atoms with Crippen LogP contribution in [0.25, 0.3) is 10.9 Å². The van der Waals surface area contributed by atoms with Crippen molar-refractivity contribution in [1.29, 1.82) is 0 Å². The zero-order chi connectivity index (χ0) is 24.6. The highest BCUT2D eigenvalue weighted by Crippen LogP contribution is 2.32.